The van der Waals surface area contributed by atoms with E-state index in [2.05, 4.69) is 25.8 Å². The highest BCUT2D eigenvalue weighted by molar-refractivity contribution is 7.91. The molecule has 0 spiro atoms. The minimum Gasteiger partial charge on any atom is -0.365 e. The number of sulfone groups is 1. The van der Waals surface area contributed by atoms with Crippen molar-refractivity contribution < 1.29 is 8.42 Å². The third kappa shape index (κ3) is 3.70. The van der Waals surface area contributed by atoms with Crippen molar-refractivity contribution in [1.82, 2.24) is 15.2 Å². The Kier molecular flexibility index (Phi) is 3.93. The SMILES string of the molecule is Cc1ccc(Nc2nncc(NC3CCS(=O)(=O)C3)n2)cc1. The molecular formula is C14H17N5O2S. The van der Waals surface area contributed by atoms with Gasteiger partial charge in [-0.1, -0.05) is 17.7 Å². The van der Waals surface area contributed by atoms with Crippen molar-refractivity contribution in [2.24, 2.45) is 0 Å². The summed E-state index contributed by atoms with van der Waals surface area (Å²) in [5.41, 5.74) is 2.04. The molecule has 1 saturated heterocycles. The summed E-state index contributed by atoms with van der Waals surface area (Å²) in [5, 5.41) is 14.0. The summed E-state index contributed by atoms with van der Waals surface area (Å²) >= 11 is 0. The van der Waals surface area contributed by atoms with Crippen LogP contribution in [-0.4, -0.2) is 41.1 Å². The Balaban J connectivity index is 1.68. The lowest BCUT2D eigenvalue weighted by atomic mass is 10.2. The van der Waals surface area contributed by atoms with Gasteiger partial charge in [-0.2, -0.15) is 10.1 Å². The lowest BCUT2D eigenvalue weighted by molar-refractivity contribution is 0.602. The van der Waals surface area contributed by atoms with Crippen LogP contribution in [0.4, 0.5) is 17.5 Å². The van der Waals surface area contributed by atoms with Crippen LogP contribution in [0.1, 0.15) is 12.0 Å². The van der Waals surface area contributed by atoms with E-state index in [0.29, 0.717) is 18.2 Å². The first-order valence-corrected chi connectivity index (χ1v) is 8.83. The molecule has 1 atom stereocenters. The molecule has 22 heavy (non-hydrogen) atoms. The normalized spacial score (nSPS) is 19.8. The summed E-state index contributed by atoms with van der Waals surface area (Å²) in [6.07, 6.45) is 2.08. The fraction of sp³-hybridized carbons (Fsp3) is 0.357. The number of benzene rings is 1. The molecule has 0 bridgehead atoms. The number of nitrogens with one attached hydrogen (secondary N) is 2. The fourth-order valence-electron chi connectivity index (χ4n) is 2.31. The van der Waals surface area contributed by atoms with E-state index in [0.717, 1.165) is 5.69 Å². The van der Waals surface area contributed by atoms with Gasteiger partial charge in [0.1, 0.15) is 0 Å². The molecule has 116 valence electrons. The molecule has 1 aromatic carbocycles. The average molecular weight is 319 g/mol. The Morgan fingerprint density at radius 2 is 2.00 bits per heavy atom. The van der Waals surface area contributed by atoms with Gasteiger partial charge in [0.25, 0.3) is 0 Å². The lowest BCUT2D eigenvalue weighted by Gasteiger charge is -2.11. The maximum absolute atomic E-state index is 11.5. The van der Waals surface area contributed by atoms with E-state index in [-0.39, 0.29) is 17.5 Å². The topological polar surface area (TPSA) is 96.9 Å². The van der Waals surface area contributed by atoms with Crippen molar-refractivity contribution in [1.29, 1.82) is 0 Å². The molecule has 0 aliphatic carbocycles. The van der Waals surface area contributed by atoms with Crippen molar-refractivity contribution in [2.75, 3.05) is 22.1 Å². The molecule has 2 heterocycles. The third-order valence-corrected chi connectivity index (χ3v) is 5.22. The summed E-state index contributed by atoms with van der Waals surface area (Å²) in [4.78, 5) is 4.31. The van der Waals surface area contributed by atoms with E-state index in [1.54, 1.807) is 0 Å². The number of hydrogen-bond acceptors (Lipinski definition) is 7. The molecule has 3 rings (SSSR count). The van der Waals surface area contributed by atoms with Crippen molar-refractivity contribution in [3.63, 3.8) is 0 Å². The van der Waals surface area contributed by atoms with E-state index in [4.69, 9.17) is 0 Å². The van der Waals surface area contributed by atoms with Gasteiger partial charge < -0.3 is 10.6 Å². The minimum atomic E-state index is -2.92. The van der Waals surface area contributed by atoms with Crippen molar-refractivity contribution in [2.45, 2.75) is 19.4 Å². The summed E-state index contributed by atoms with van der Waals surface area (Å²) in [7, 11) is -2.92. The molecule has 2 N–H and O–H groups in total. The van der Waals surface area contributed by atoms with Crippen LogP contribution < -0.4 is 10.6 Å². The van der Waals surface area contributed by atoms with Gasteiger partial charge in [-0.3, -0.25) is 0 Å². The smallest absolute Gasteiger partial charge is 0.249 e. The molecule has 1 unspecified atom stereocenters. The average Bonchev–Trinajstić information content (AvgIpc) is 2.81. The zero-order chi connectivity index (χ0) is 15.6. The lowest BCUT2D eigenvalue weighted by Crippen LogP contribution is -2.21. The first-order valence-electron chi connectivity index (χ1n) is 7.00. The molecule has 0 radical (unpaired) electrons. The van der Waals surface area contributed by atoms with Gasteiger partial charge >= 0.3 is 0 Å². The Morgan fingerprint density at radius 1 is 1.23 bits per heavy atom. The zero-order valence-electron chi connectivity index (χ0n) is 12.2. The largest absolute Gasteiger partial charge is 0.365 e. The van der Waals surface area contributed by atoms with E-state index >= 15 is 0 Å². The molecule has 7 nitrogen and oxygen atoms in total. The van der Waals surface area contributed by atoms with Crippen LogP contribution in [0.25, 0.3) is 0 Å². The Labute approximate surface area is 129 Å². The number of aryl methyl sites for hydroxylation is 1. The molecule has 0 amide bonds. The number of nitrogens with zero attached hydrogens (tertiary/aromatic N) is 3. The quantitative estimate of drug-likeness (QED) is 0.882. The molecule has 1 aliphatic rings. The van der Waals surface area contributed by atoms with Gasteiger partial charge in [-0.25, -0.2) is 8.42 Å². The second kappa shape index (κ2) is 5.88. The maximum Gasteiger partial charge on any atom is 0.249 e. The van der Waals surface area contributed by atoms with E-state index in [1.165, 1.54) is 11.8 Å². The predicted octanol–water partition coefficient (Wildman–Crippen LogP) is 1.52. The number of anilines is 3. The van der Waals surface area contributed by atoms with Gasteiger partial charge in [0, 0.05) is 11.7 Å². The van der Waals surface area contributed by atoms with E-state index in [1.807, 2.05) is 31.2 Å². The van der Waals surface area contributed by atoms with Crippen molar-refractivity contribution >= 4 is 27.3 Å². The van der Waals surface area contributed by atoms with E-state index in [9.17, 15) is 8.42 Å². The standard InChI is InChI=1S/C14H17N5O2S/c1-10-2-4-11(5-3-10)17-14-18-13(8-15-19-14)16-12-6-7-22(20,21)9-12/h2-5,8,12H,6-7,9H2,1H3,(H2,16,17,18,19). The Morgan fingerprint density at radius 3 is 2.68 bits per heavy atom. The molecular weight excluding hydrogens is 302 g/mol. The summed E-state index contributed by atoms with van der Waals surface area (Å²) in [6, 6.07) is 7.72. The highest BCUT2D eigenvalue weighted by atomic mass is 32.2. The third-order valence-electron chi connectivity index (χ3n) is 3.45. The summed E-state index contributed by atoms with van der Waals surface area (Å²) in [6.45, 7) is 2.02. The van der Waals surface area contributed by atoms with Crippen molar-refractivity contribution in [3.05, 3.63) is 36.0 Å². The van der Waals surface area contributed by atoms with Crippen molar-refractivity contribution in [3.8, 4) is 0 Å². The van der Waals surface area contributed by atoms with Crippen LogP contribution in [0.5, 0.6) is 0 Å². The van der Waals surface area contributed by atoms with Gasteiger partial charge in [0.15, 0.2) is 15.7 Å². The number of hydrogen-bond donors (Lipinski definition) is 2. The summed E-state index contributed by atoms with van der Waals surface area (Å²) < 4.78 is 22.9. The van der Waals surface area contributed by atoms with Crippen LogP contribution >= 0.6 is 0 Å². The highest BCUT2D eigenvalue weighted by Crippen LogP contribution is 2.17. The van der Waals surface area contributed by atoms with Crippen LogP contribution in [-0.2, 0) is 9.84 Å². The molecule has 1 aliphatic heterocycles. The monoisotopic (exact) mass is 319 g/mol. The second-order valence-corrected chi connectivity index (χ2v) is 7.63. The first-order chi connectivity index (χ1) is 10.5. The zero-order valence-corrected chi connectivity index (χ0v) is 13.0. The summed E-state index contributed by atoms with van der Waals surface area (Å²) in [5.74, 6) is 1.25. The van der Waals surface area contributed by atoms with Gasteiger partial charge in [0.05, 0.1) is 17.7 Å². The van der Waals surface area contributed by atoms with Gasteiger partial charge in [0.2, 0.25) is 5.95 Å². The molecule has 1 fully saturated rings. The number of aromatic nitrogens is 3. The second-order valence-electron chi connectivity index (χ2n) is 5.40. The maximum atomic E-state index is 11.5. The van der Waals surface area contributed by atoms with Crippen LogP contribution in [0.3, 0.4) is 0 Å². The minimum absolute atomic E-state index is 0.117. The Bertz CT molecular complexity index is 761. The Hall–Kier alpha value is -2.22. The molecule has 1 aromatic heterocycles. The molecule has 0 saturated carbocycles. The van der Waals surface area contributed by atoms with Crippen LogP contribution in [0.2, 0.25) is 0 Å². The molecule has 8 heteroatoms. The van der Waals surface area contributed by atoms with Gasteiger partial charge in [-0.05, 0) is 25.5 Å². The van der Waals surface area contributed by atoms with Crippen LogP contribution in [0.15, 0.2) is 30.5 Å². The van der Waals surface area contributed by atoms with Gasteiger partial charge in [-0.15, -0.1) is 5.10 Å². The first kappa shape index (κ1) is 14.7. The van der Waals surface area contributed by atoms with E-state index < -0.39 is 9.84 Å². The molecule has 2 aromatic rings. The fourth-order valence-corrected chi connectivity index (χ4v) is 3.98. The van der Waals surface area contributed by atoms with Crippen LogP contribution in [0, 0.1) is 6.92 Å². The predicted molar refractivity (Wildman–Crippen MR) is 85.0 cm³/mol. The number of rotatable bonds is 4. The highest BCUT2D eigenvalue weighted by Gasteiger charge is 2.28.